The minimum absolute atomic E-state index is 0.419. The summed E-state index contributed by atoms with van der Waals surface area (Å²) in [4.78, 5) is 49.5. The Kier molecular flexibility index (Phi) is 5.25. The highest BCUT2D eigenvalue weighted by atomic mass is 16.2. The molecule has 0 bridgehead atoms. The van der Waals surface area contributed by atoms with Gasteiger partial charge in [0, 0.05) is 24.3 Å². The van der Waals surface area contributed by atoms with Crippen LogP contribution in [0.5, 0.6) is 0 Å². The third-order valence-corrected chi connectivity index (χ3v) is 3.85. The van der Waals surface area contributed by atoms with Crippen LogP contribution in [0.3, 0.4) is 0 Å². The monoisotopic (exact) mass is 304 g/mol. The molecular formula is C16H20N2O4. The minimum Gasteiger partial charge on any atom is -0.269 e. The average molecular weight is 304 g/mol. The van der Waals surface area contributed by atoms with Gasteiger partial charge in [-0.05, 0) is 12.8 Å². The number of hydrogen-bond acceptors (Lipinski definition) is 4. The summed E-state index contributed by atoms with van der Waals surface area (Å²) in [5.74, 6) is -1.90. The van der Waals surface area contributed by atoms with Crippen LogP contribution in [-0.4, -0.2) is 39.6 Å². The van der Waals surface area contributed by atoms with Crippen LogP contribution < -0.4 is 0 Å². The molecule has 2 heterocycles. The van der Waals surface area contributed by atoms with E-state index in [2.05, 4.69) is 6.92 Å². The summed E-state index contributed by atoms with van der Waals surface area (Å²) < 4.78 is 0. The van der Waals surface area contributed by atoms with Gasteiger partial charge in [-0.3, -0.25) is 29.0 Å². The molecule has 0 aromatic carbocycles. The second-order valence-corrected chi connectivity index (χ2v) is 5.44. The lowest BCUT2D eigenvalue weighted by molar-refractivity contribution is -0.152. The zero-order valence-electron chi connectivity index (χ0n) is 12.7. The third kappa shape index (κ3) is 3.32. The van der Waals surface area contributed by atoms with Crippen LogP contribution in [0, 0.1) is 0 Å². The highest BCUT2D eigenvalue weighted by Gasteiger charge is 2.40. The fourth-order valence-corrected chi connectivity index (χ4v) is 2.72. The summed E-state index contributed by atoms with van der Waals surface area (Å²) in [6.07, 6.45) is 9.26. The first-order valence-corrected chi connectivity index (χ1v) is 7.66. The van der Waals surface area contributed by atoms with Gasteiger partial charge < -0.3 is 0 Å². The molecule has 0 saturated carbocycles. The minimum atomic E-state index is -0.827. The van der Waals surface area contributed by atoms with E-state index >= 15 is 0 Å². The van der Waals surface area contributed by atoms with Crippen LogP contribution in [0.4, 0.5) is 0 Å². The molecule has 0 radical (unpaired) electrons. The summed E-state index contributed by atoms with van der Waals surface area (Å²) in [6, 6.07) is 0. The first kappa shape index (κ1) is 16.1. The van der Waals surface area contributed by atoms with Crippen LogP contribution in [0.2, 0.25) is 0 Å². The standard InChI is InChI=1S/C16H20N2O4/c1-2-3-4-5-6-7-12(17-13(19)8-9-14(17)20)18-15(21)10-11-16(18)22/h8-12H,2-7H2,1H3. The molecule has 0 saturated heterocycles. The number of carbonyl (C=O) groups excluding carboxylic acids is 4. The van der Waals surface area contributed by atoms with Gasteiger partial charge in [0.1, 0.15) is 6.17 Å². The number of unbranched alkanes of at least 4 members (excludes halogenated alkanes) is 4. The van der Waals surface area contributed by atoms with E-state index in [9.17, 15) is 19.2 Å². The smallest absolute Gasteiger partial charge is 0.255 e. The van der Waals surface area contributed by atoms with Crippen molar-refractivity contribution in [3.8, 4) is 0 Å². The van der Waals surface area contributed by atoms with Crippen molar-refractivity contribution in [3.63, 3.8) is 0 Å². The largest absolute Gasteiger partial charge is 0.269 e. The van der Waals surface area contributed by atoms with Crippen LogP contribution in [-0.2, 0) is 19.2 Å². The Labute approximate surface area is 129 Å². The molecule has 0 spiro atoms. The topological polar surface area (TPSA) is 74.8 Å². The first-order chi connectivity index (χ1) is 10.6. The molecule has 0 aromatic heterocycles. The molecule has 2 rings (SSSR count). The van der Waals surface area contributed by atoms with Crippen molar-refractivity contribution in [1.29, 1.82) is 0 Å². The Hall–Kier alpha value is -2.24. The molecule has 0 N–H and O–H groups in total. The van der Waals surface area contributed by atoms with Gasteiger partial charge in [-0.15, -0.1) is 0 Å². The number of rotatable bonds is 8. The molecule has 2 aliphatic rings. The van der Waals surface area contributed by atoms with Gasteiger partial charge in [0.15, 0.2) is 0 Å². The Morgan fingerprint density at radius 2 is 1.14 bits per heavy atom. The summed E-state index contributed by atoms with van der Waals surface area (Å²) in [5, 5.41) is 0. The van der Waals surface area contributed by atoms with E-state index in [1.165, 1.54) is 24.3 Å². The van der Waals surface area contributed by atoms with E-state index in [1.807, 2.05) is 0 Å². The Balaban J connectivity index is 2.08. The van der Waals surface area contributed by atoms with Crippen molar-refractivity contribution in [2.24, 2.45) is 0 Å². The first-order valence-electron chi connectivity index (χ1n) is 7.66. The van der Waals surface area contributed by atoms with Crippen LogP contribution in [0.25, 0.3) is 0 Å². The molecule has 0 fully saturated rings. The lowest BCUT2D eigenvalue weighted by Gasteiger charge is -2.32. The molecule has 2 aliphatic heterocycles. The predicted octanol–water partition coefficient (Wildman–Crippen LogP) is 1.52. The molecule has 4 amide bonds. The Morgan fingerprint density at radius 1 is 0.727 bits per heavy atom. The zero-order valence-corrected chi connectivity index (χ0v) is 12.7. The molecular weight excluding hydrogens is 284 g/mol. The molecule has 0 atom stereocenters. The highest BCUT2D eigenvalue weighted by Crippen LogP contribution is 2.22. The fraction of sp³-hybridized carbons (Fsp3) is 0.500. The average Bonchev–Trinajstić information content (AvgIpc) is 2.99. The molecule has 6 heteroatoms. The van der Waals surface area contributed by atoms with E-state index in [4.69, 9.17) is 0 Å². The number of hydrogen-bond donors (Lipinski definition) is 0. The Morgan fingerprint density at radius 3 is 1.55 bits per heavy atom. The van der Waals surface area contributed by atoms with Crippen LogP contribution in [0.1, 0.15) is 45.4 Å². The van der Waals surface area contributed by atoms with Crippen LogP contribution in [0.15, 0.2) is 24.3 Å². The van der Waals surface area contributed by atoms with Crippen molar-refractivity contribution in [2.45, 2.75) is 51.6 Å². The molecule has 0 unspecified atom stereocenters. The third-order valence-electron chi connectivity index (χ3n) is 3.85. The van der Waals surface area contributed by atoms with E-state index in [0.717, 1.165) is 41.9 Å². The van der Waals surface area contributed by atoms with E-state index < -0.39 is 29.8 Å². The summed E-state index contributed by atoms with van der Waals surface area (Å²) in [6.45, 7) is 2.11. The number of imide groups is 2. The molecule has 22 heavy (non-hydrogen) atoms. The maximum absolute atomic E-state index is 11.9. The number of nitrogens with zero attached hydrogens (tertiary/aromatic N) is 2. The second-order valence-electron chi connectivity index (χ2n) is 5.44. The predicted molar refractivity (Wildman–Crippen MR) is 79.2 cm³/mol. The van der Waals surface area contributed by atoms with E-state index in [0.29, 0.717) is 6.42 Å². The lowest BCUT2D eigenvalue weighted by Crippen LogP contribution is -2.53. The molecule has 118 valence electrons. The van der Waals surface area contributed by atoms with E-state index in [1.54, 1.807) is 0 Å². The van der Waals surface area contributed by atoms with Crippen LogP contribution >= 0.6 is 0 Å². The van der Waals surface area contributed by atoms with Gasteiger partial charge in [-0.2, -0.15) is 0 Å². The van der Waals surface area contributed by atoms with Gasteiger partial charge >= 0.3 is 0 Å². The van der Waals surface area contributed by atoms with Gasteiger partial charge in [0.25, 0.3) is 23.6 Å². The fourth-order valence-electron chi connectivity index (χ4n) is 2.72. The SMILES string of the molecule is CCCCCCCC(N1C(=O)C=CC1=O)N1C(=O)C=CC1=O. The quantitative estimate of drug-likeness (QED) is 0.503. The Bertz CT molecular complexity index is 472. The second kappa shape index (κ2) is 7.15. The summed E-state index contributed by atoms with van der Waals surface area (Å²) >= 11 is 0. The zero-order chi connectivity index (χ0) is 16.1. The van der Waals surface area contributed by atoms with Gasteiger partial charge in [-0.1, -0.05) is 32.6 Å². The van der Waals surface area contributed by atoms with Crippen molar-refractivity contribution >= 4 is 23.6 Å². The normalized spacial score (nSPS) is 17.7. The number of amides is 4. The van der Waals surface area contributed by atoms with Crippen molar-refractivity contribution in [2.75, 3.05) is 0 Å². The number of carbonyl (C=O) groups is 4. The van der Waals surface area contributed by atoms with Gasteiger partial charge in [-0.25, -0.2) is 0 Å². The highest BCUT2D eigenvalue weighted by molar-refractivity contribution is 6.16. The molecule has 0 aliphatic carbocycles. The summed E-state index contributed by atoms with van der Waals surface area (Å²) in [5.41, 5.74) is 0. The van der Waals surface area contributed by atoms with E-state index in [-0.39, 0.29) is 0 Å². The van der Waals surface area contributed by atoms with Gasteiger partial charge in [0.2, 0.25) is 0 Å². The summed E-state index contributed by atoms with van der Waals surface area (Å²) in [7, 11) is 0. The van der Waals surface area contributed by atoms with Crippen molar-refractivity contribution < 1.29 is 19.2 Å². The maximum atomic E-state index is 11.9. The van der Waals surface area contributed by atoms with Crippen molar-refractivity contribution in [3.05, 3.63) is 24.3 Å². The van der Waals surface area contributed by atoms with Crippen molar-refractivity contribution in [1.82, 2.24) is 9.80 Å². The maximum Gasteiger partial charge on any atom is 0.255 e. The molecule has 0 aromatic rings. The van der Waals surface area contributed by atoms with Gasteiger partial charge in [0.05, 0.1) is 0 Å². The molecule has 6 nitrogen and oxygen atoms in total. The lowest BCUT2D eigenvalue weighted by atomic mass is 10.1.